The fourth-order valence-electron chi connectivity index (χ4n) is 0. The molecule has 0 aromatic heterocycles. The quantitative estimate of drug-likeness (QED) is 0.688. The van der Waals surface area contributed by atoms with Crippen molar-refractivity contribution in [1.29, 1.82) is 0 Å². The second kappa shape index (κ2) is 30.2. The van der Waals surface area contributed by atoms with Gasteiger partial charge in [0.05, 0.1) is 0 Å². The van der Waals surface area contributed by atoms with Crippen LogP contribution in [0.2, 0.25) is 0 Å². The molecule has 0 saturated carbocycles. The second-order valence-corrected chi connectivity index (χ2v) is 6.68. The van der Waals surface area contributed by atoms with Crippen LogP contribution >= 0.6 is 11.8 Å². The maximum Gasteiger partial charge on any atom is 0.144 e. The summed E-state index contributed by atoms with van der Waals surface area (Å²) >= 11 is 1.75. The number of hydrogen-bond acceptors (Lipinski definition) is 5. The van der Waals surface area contributed by atoms with Crippen molar-refractivity contribution in [3.63, 3.8) is 0 Å². The van der Waals surface area contributed by atoms with Gasteiger partial charge in [0.2, 0.25) is 0 Å². The van der Waals surface area contributed by atoms with Crippen LogP contribution in [-0.2, 0) is 19.4 Å². The zero-order valence-corrected chi connectivity index (χ0v) is 15.3. The van der Waals surface area contributed by atoms with Crippen molar-refractivity contribution in [2.75, 3.05) is 39.2 Å². The maximum absolute atomic E-state index is 9.63. The Morgan fingerprint density at radius 1 is 1.06 bits per heavy atom. The van der Waals surface area contributed by atoms with E-state index in [1.54, 1.807) is 26.0 Å². The molecule has 0 aromatic carbocycles. The lowest BCUT2D eigenvalue weighted by Gasteiger charge is -1.69. The number of sulfone groups is 1. The molecule has 0 aliphatic rings. The molecule has 0 spiro atoms. The van der Waals surface area contributed by atoms with Gasteiger partial charge in [0, 0.05) is 26.7 Å². The molecule has 0 aliphatic carbocycles. The molecule has 0 heterocycles. The molecule has 0 rings (SSSR count). The highest BCUT2D eigenvalue weighted by Gasteiger charge is 1.79. The first-order valence-electron chi connectivity index (χ1n) is 5.40. The number of rotatable bonds is 0. The van der Waals surface area contributed by atoms with Crippen molar-refractivity contribution in [2.24, 2.45) is 0 Å². The molecule has 0 saturated heterocycles. The first-order chi connectivity index (χ1) is 7.97. The molecule has 0 N–H and O–H groups in total. The number of methoxy groups -OCH3 is 1. The Hall–Kier alpha value is -0.0700. The molecule has 0 bridgehead atoms. The molecule has 0 fully saturated rings. The van der Waals surface area contributed by atoms with Crippen molar-refractivity contribution >= 4 is 27.4 Å². The summed E-state index contributed by atoms with van der Waals surface area (Å²) in [5.74, 6) is 0.167. The molecule has 0 unspecified atom stereocenters. The van der Waals surface area contributed by atoms with E-state index in [0.29, 0.717) is 0 Å². The van der Waals surface area contributed by atoms with Crippen molar-refractivity contribution in [3.05, 3.63) is 0 Å². The largest absolute Gasteiger partial charge is 0.388 e. The molecule has 18 heavy (non-hydrogen) atoms. The third-order valence-electron chi connectivity index (χ3n) is 0. The fourth-order valence-corrected chi connectivity index (χ4v) is 0. The Morgan fingerprint density at radius 2 is 1.06 bits per heavy atom. The van der Waals surface area contributed by atoms with Crippen LogP contribution in [0, 0.1) is 0 Å². The number of carbonyl (C=O) groups is 1. The lowest BCUT2D eigenvalue weighted by Crippen LogP contribution is -1.86. The van der Waals surface area contributed by atoms with Gasteiger partial charge in [0.15, 0.2) is 0 Å². The van der Waals surface area contributed by atoms with Crippen molar-refractivity contribution in [2.45, 2.75) is 34.1 Å². The van der Waals surface area contributed by atoms with Crippen LogP contribution in [0.1, 0.15) is 34.1 Å². The Bertz CT molecular complexity index is 195. The average Bonchev–Trinajstić information content (AvgIpc) is 2.01. The highest BCUT2D eigenvalue weighted by molar-refractivity contribution is 7.97. The van der Waals surface area contributed by atoms with E-state index in [9.17, 15) is 13.2 Å². The van der Waals surface area contributed by atoms with Crippen LogP contribution in [-0.4, -0.2) is 53.4 Å². The number of thioether (sulfide) groups is 1. The lowest BCUT2D eigenvalue weighted by atomic mass is 10.6. The minimum absolute atomic E-state index is 0.167. The summed E-state index contributed by atoms with van der Waals surface area (Å²) in [6.45, 7) is 7.31. The molecule has 0 aromatic rings. The van der Waals surface area contributed by atoms with E-state index in [4.69, 9.17) is 0 Å². The molecule has 116 valence electrons. The highest BCUT2D eigenvalue weighted by Crippen LogP contribution is 1.70. The van der Waals surface area contributed by atoms with E-state index in [-0.39, 0.29) is 5.78 Å². The zero-order valence-electron chi connectivity index (χ0n) is 13.7. The fraction of sp³-hybridized carbons (Fsp3) is 0.917. The molecule has 0 amide bonds. The topological polar surface area (TPSA) is 60.4 Å². The number of hydrogen-bond donors (Lipinski definition) is 0. The van der Waals surface area contributed by atoms with Crippen LogP contribution in [0.3, 0.4) is 0 Å². The summed E-state index contributed by atoms with van der Waals surface area (Å²) < 4.78 is 23.5. The first kappa shape index (κ1) is 30.7. The minimum Gasteiger partial charge on any atom is -0.388 e. The zero-order chi connectivity index (χ0) is 16.2. The van der Waals surface area contributed by atoms with E-state index >= 15 is 0 Å². The van der Waals surface area contributed by atoms with Crippen LogP contribution < -0.4 is 0 Å². The predicted molar refractivity (Wildman–Crippen MR) is 85.5 cm³/mol. The second-order valence-electron chi connectivity index (χ2n) is 3.57. The summed E-state index contributed by atoms with van der Waals surface area (Å²) in [6.07, 6.45) is 7.65. The Labute approximate surface area is 119 Å². The normalized spacial score (nSPS) is 7.67. The average molecular weight is 305 g/mol. The van der Waals surface area contributed by atoms with Crippen molar-refractivity contribution < 1.29 is 17.9 Å². The summed E-state index contributed by atoms with van der Waals surface area (Å²) in [5.41, 5.74) is 0. The van der Waals surface area contributed by atoms with Crippen LogP contribution in [0.5, 0.6) is 0 Å². The van der Waals surface area contributed by atoms with Gasteiger partial charge in [-0.15, -0.1) is 0 Å². The Morgan fingerprint density at radius 3 is 1.06 bits per heavy atom. The molecule has 0 aliphatic heterocycles. The third kappa shape index (κ3) is 725000. The molecule has 0 atom stereocenters. The van der Waals surface area contributed by atoms with Crippen molar-refractivity contribution in [3.8, 4) is 0 Å². The van der Waals surface area contributed by atoms with Crippen LogP contribution in [0.25, 0.3) is 0 Å². The minimum atomic E-state index is -2.67. The van der Waals surface area contributed by atoms with E-state index in [0.717, 1.165) is 12.5 Å². The van der Waals surface area contributed by atoms with Gasteiger partial charge in [-0.2, -0.15) is 11.8 Å². The maximum atomic E-state index is 9.63. The van der Waals surface area contributed by atoms with Crippen LogP contribution in [0.4, 0.5) is 0 Å². The van der Waals surface area contributed by atoms with E-state index in [1.807, 2.05) is 12.5 Å². The Kier molecular flexibility index (Phi) is 51.6. The van der Waals surface area contributed by atoms with Gasteiger partial charge in [-0.1, -0.05) is 20.3 Å². The standard InChI is InChI=1S/C3H6O.C3H8.C2H6O2S.C2H6O.C2H6S/c1-3(2)4;1-3-2;1-5(2,3)4;2*1-3-2/h1-2H3;3H2,1-2H3;1-2H3;2*1-2H3. The van der Waals surface area contributed by atoms with Gasteiger partial charge in [0.1, 0.15) is 15.6 Å². The van der Waals surface area contributed by atoms with E-state index < -0.39 is 9.84 Å². The van der Waals surface area contributed by atoms with Gasteiger partial charge in [-0.05, 0) is 26.4 Å². The van der Waals surface area contributed by atoms with Gasteiger partial charge >= 0.3 is 0 Å². The number of ether oxygens (including phenoxy) is 1. The SMILES string of the molecule is CC(C)=O.CCC.COC.CS(C)(=O)=O.CSC. The highest BCUT2D eigenvalue weighted by atomic mass is 32.2. The summed E-state index contributed by atoms with van der Waals surface area (Å²) in [6, 6.07) is 0. The number of ketones is 1. The predicted octanol–water partition coefficient (Wildman–Crippen LogP) is 2.91. The van der Waals surface area contributed by atoms with Gasteiger partial charge in [-0.3, -0.25) is 0 Å². The van der Waals surface area contributed by atoms with Crippen LogP contribution in [0.15, 0.2) is 0 Å². The number of carbonyl (C=O) groups excluding carboxylic acids is 1. The first-order valence-corrected chi connectivity index (χ1v) is 9.33. The van der Waals surface area contributed by atoms with Gasteiger partial charge in [-0.25, -0.2) is 8.42 Å². The summed E-state index contributed by atoms with van der Waals surface area (Å²) in [5, 5.41) is 0. The molecular weight excluding hydrogens is 272 g/mol. The van der Waals surface area contributed by atoms with E-state index in [2.05, 4.69) is 18.6 Å². The summed E-state index contributed by atoms with van der Waals surface area (Å²) in [7, 11) is 0.583. The van der Waals surface area contributed by atoms with E-state index in [1.165, 1.54) is 20.3 Å². The smallest absolute Gasteiger partial charge is 0.144 e. The molecule has 6 heteroatoms. The van der Waals surface area contributed by atoms with Gasteiger partial charge < -0.3 is 9.53 Å². The Balaban J connectivity index is -0.0000000400. The van der Waals surface area contributed by atoms with Crippen molar-refractivity contribution in [1.82, 2.24) is 0 Å². The molecule has 4 nitrogen and oxygen atoms in total. The third-order valence-corrected chi connectivity index (χ3v) is 0. The molecule has 0 radical (unpaired) electrons. The summed E-state index contributed by atoms with van der Waals surface area (Å²) in [4.78, 5) is 9.44. The van der Waals surface area contributed by atoms with Gasteiger partial charge in [0.25, 0.3) is 0 Å². The number of Topliss-reactive ketones (excluding diaryl/α,β-unsaturated/α-hetero) is 1. The monoisotopic (exact) mass is 304 g/mol. The lowest BCUT2D eigenvalue weighted by molar-refractivity contribution is -0.114. The molecular formula is C12H32O4S2.